The molecular weight excluding hydrogens is 393 g/mol. The number of aryl methyl sites for hydroxylation is 1. The molecule has 1 amide bonds. The number of carbonyl (C=O) groups excluding carboxylic acids is 1. The molecule has 0 spiro atoms. The number of carbonyl (C=O) groups is 1. The van der Waals surface area contributed by atoms with Crippen LogP contribution in [0.4, 0.5) is 16.0 Å². The van der Waals surface area contributed by atoms with Crippen LogP contribution in [-0.4, -0.2) is 56.4 Å². The van der Waals surface area contributed by atoms with E-state index >= 15 is 0 Å². The molecule has 29 heavy (non-hydrogen) atoms. The van der Waals surface area contributed by atoms with Gasteiger partial charge in [0.1, 0.15) is 16.1 Å². The highest BCUT2D eigenvalue weighted by Crippen LogP contribution is 2.33. The Morgan fingerprint density at radius 1 is 1.21 bits per heavy atom. The number of aromatic nitrogens is 5. The quantitative estimate of drug-likeness (QED) is 0.656. The van der Waals surface area contributed by atoms with Crippen LogP contribution in [0.2, 0.25) is 0 Å². The predicted octanol–water partition coefficient (Wildman–Crippen LogP) is 2.47. The van der Waals surface area contributed by atoms with Gasteiger partial charge in [-0.2, -0.15) is 5.10 Å². The summed E-state index contributed by atoms with van der Waals surface area (Å²) in [6, 6.07) is 0. The SMILES string of the molecule is Cn1cc(N2CCc3nc(-c4cnc(N5CCCC(F)C5)nc4)sc3C2=O)cn1. The minimum absolute atomic E-state index is 0.0529. The van der Waals surface area contributed by atoms with Crippen LogP contribution in [0, 0.1) is 0 Å². The fraction of sp³-hybridized carbons (Fsp3) is 0.421. The monoisotopic (exact) mass is 413 g/mol. The second-order valence-electron chi connectivity index (χ2n) is 7.33. The fourth-order valence-corrected chi connectivity index (χ4v) is 4.79. The number of anilines is 2. The molecule has 0 saturated carbocycles. The lowest BCUT2D eigenvalue weighted by atomic mass is 10.1. The largest absolute Gasteiger partial charge is 0.338 e. The molecule has 0 aliphatic carbocycles. The summed E-state index contributed by atoms with van der Waals surface area (Å²) in [4.78, 5) is 30.7. The molecule has 0 bridgehead atoms. The molecule has 8 nitrogen and oxygen atoms in total. The van der Waals surface area contributed by atoms with Gasteiger partial charge in [0.05, 0.1) is 24.1 Å². The Hall–Kier alpha value is -2.88. The highest BCUT2D eigenvalue weighted by molar-refractivity contribution is 7.17. The van der Waals surface area contributed by atoms with Crippen LogP contribution in [0.15, 0.2) is 24.8 Å². The summed E-state index contributed by atoms with van der Waals surface area (Å²) in [5, 5.41) is 4.88. The lowest BCUT2D eigenvalue weighted by Crippen LogP contribution is -2.37. The van der Waals surface area contributed by atoms with Crippen molar-refractivity contribution in [3.63, 3.8) is 0 Å². The van der Waals surface area contributed by atoms with Gasteiger partial charge in [0.25, 0.3) is 5.91 Å². The average Bonchev–Trinajstić information content (AvgIpc) is 3.35. The molecule has 2 aliphatic rings. The Morgan fingerprint density at radius 3 is 2.76 bits per heavy atom. The Morgan fingerprint density at radius 2 is 2.03 bits per heavy atom. The molecule has 0 radical (unpaired) electrons. The first-order valence-electron chi connectivity index (χ1n) is 9.60. The average molecular weight is 413 g/mol. The predicted molar refractivity (Wildman–Crippen MR) is 108 cm³/mol. The molecule has 1 fully saturated rings. The molecule has 5 heterocycles. The van der Waals surface area contributed by atoms with E-state index in [1.807, 2.05) is 18.1 Å². The van der Waals surface area contributed by atoms with Gasteiger partial charge in [-0.15, -0.1) is 11.3 Å². The molecule has 3 aromatic rings. The van der Waals surface area contributed by atoms with Crippen molar-refractivity contribution in [1.82, 2.24) is 24.7 Å². The standard InChI is InChI=1S/C19H20FN7OS/c1-25-11-14(9-23-25)27-6-4-15-16(18(27)28)29-17(24-15)12-7-21-19(22-8-12)26-5-2-3-13(20)10-26/h7-9,11,13H,2-6,10H2,1H3. The zero-order valence-corrected chi connectivity index (χ0v) is 16.8. The van der Waals surface area contributed by atoms with E-state index in [0.717, 1.165) is 34.9 Å². The Kier molecular flexibility index (Phi) is 4.50. The summed E-state index contributed by atoms with van der Waals surface area (Å²) in [7, 11) is 1.83. The number of thiazole rings is 1. The lowest BCUT2D eigenvalue weighted by molar-refractivity contribution is 0.0984. The van der Waals surface area contributed by atoms with Gasteiger partial charge in [-0.05, 0) is 12.8 Å². The molecule has 150 valence electrons. The van der Waals surface area contributed by atoms with Crippen LogP contribution in [0.25, 0.3) is 10.6 Å². The van der Waals surface area contributed by atoms with E-state index < -0.39 is 6.17 Å². The molecule has 2 aliphatic heterocycles. The van der Waals surface area contributed by atoms with Gasteiger partial charge in [-0.25, -0.2) is 19.3 Å². The third-order valence-corrected chi connectivity index (χ3v) is 6.38. The molecule has 5 rings (SSSR count). The Labute approximate surface area is 171 Å². The molecule has 10 heteroatoms. The number of fused-ring (bicyclic) bond motifs is 1. The Balaban J connectivity index is 1.38. The molecule has 1 saturated heterocycles. The van der Waals surface area contributed by atoms with Gasteiger partial charge in [0, 0.05) is 50.7 Å². The first kappa shape index (κ1) is 18.2. The van der Waals surface area contributed by atoms with E-state index in [1.165, 1.54) is 11.3 Å². The molecule has 0 aromatic carbocycles. The summed E-state index contributed by atoms with van der Waals surface area (Å²) in [5.41, 5.74) is 2.37. The van der Waals surface area contributed by atoms with Crippen LogP contribution < -0.4 is 9.80 Å². The van der Waals surface area contributed by atoms with Crippen molar-refractivity contribution in [1.29, 1.82) is 0 Å². The summed E-state index contributed by atoms with van der Waals surface area (Å²) >= 11 is 1.36. The summed E-state index contributed by atoms with van der Waals surface area (Å²) in [5.74, 6) is 0.485. The Bertz CT molecular complexity index is 1050. The summed E-state index contributed by atoms with van der Waals surface area (Å²) < 4.78 is 15.3. The molecule has 1 unspecified atom stereocenters. The van der Waals surface area contributed by atoms with Gasteiger partial charge in [-0.1, -0.05) is 0 Å². The van der Waals surface area contributed by atoms with Crippen molar-refractivity contribution in [2.75, 3.05) is 29.4 Å². The van der Waals surface area contributed by atoms with Crippen molar-refractivity contribution in [2.45, 2.75) is 25.4 Å². The second-order valence-corrected chi connectivity index (χ2v) is 8.33. The van der Waals surface area contributed by atoms with Crippen molar-refractivity contribution >= 4 is 28.9 Å². The number of halogens is 1. The molecule has 3 aromatic heterocycles. The number of hydrogen-bond acceptors (Lipinski definition) is 7. The van der Waals surface area contributed by atoms with Crippen molar-refractivity contribution in [3.8, 4) is 10.6 Å². The van der Waals surface area contributed by atoms with Gasteiger partial charge in [0.15, 0.2) is 0 Å². The third-order valence-electron chi connectivity index (χ3n) is 5.24. The van der Waals surface area contributed by atoms with Gasteiger partial charge in [0.2, 0.25) is 5.95 Å². The normalized spacial score (nSPS) is 19.5. The number of piperidine rings is 1. The second kappa shape index (κ2) is 7.18. The summed E-state index contributed by atoms with van der Waals surface area (Å²) in [6.45, 7) is 1.68. The molecule has 1 atom stereocenters. The maximum Gasteiger partial charge on any atom is 0.270 e. The van der Waals surface area contributed by atoms with Crippen molar-refractivity contribution in [2.24, 2.45) is 7.05 Å². The minimum atomic E-state index is -0.827. The fourth-order valence-electron chi connectivity index (χ4n) is 3.75. The van der Waals surface area contributed by atoms with Crippen LogP contribution in [0.5, 0.6) is 0 Å². The lowest BCUT2D eigenvalue weighted by Gasteiger charge is -2.28. The van der Waals surface area contributed by atoms with Gasteiger partial charge < -0.3 is 9.80 Å². The number of alkyl halides is 1. The number of rotatable bonds is 3. The van der Waals surface area contributed by atoms with Crippen molar-refractivity contribution in [3.05, 3.63) is 35.4 Å². The number of amides is 1. The van der Waals surface area contributed by atoms with E-state index in [1.54, 1.807) is 28.2 Å². The third kappa shape index (κ3) is 3.37. The topological polar surface area (TPSA) is 80.0 Å². The highest BCUT2D eigenvalue weighted by Gasteiger charge is 2.30. The van der Waals surface area contributed by atoms with E-state index in [-0.39, 0.29) is 5.91 Å². The van der Waals surface area contributed by atoms with E-state index in [4.69, 9.17) is 0 Å². The van der Waals surface area contributed by atoms with Crippen LogP contribution in [0.1, 0.15) is 28.2 Å². The molecular formula is C19H20FN7OS. The maximum atomic E-state index is 13.6. The zero-order chi connectivity index (χ0) is 20.0. The zero-order valence-electron chi connectivity index (χ0n) is 16.0. The molecule has 0 N–H and O–H groups in total. The van der Waals surface area contributed by atoms with Crippen molar-refractivity contribution < 1.29 is 9.18 Å². The van der Waals surface area contributed by atoms with Crippen LogP contribution in [-0.2, 0) is 13.5 Å². The first-order valence-corrected chi connectivity index (χ1v) is 10.4. The van der Waals surface area contributed by atoms with Gasteiger partial charge in [-0.3, -0.25) is 9.48 Å². The summed E-state index contributed by atoms with van der Waals surface area (Å²) in [6.07, 6.45) is 8.21. The highest BCUT2D eigenvalue weighted by atomic mass is 32.1. The van der Waals surface area contributed by atoms with E-state index in [2.05, 4.69) is 20.1 Å². The van der Waals surface area contributed by atoms with E-state index in [9.17, 15) is 9.18 Å². The van der Waals surface area contributed by atoms with Crippen LogP contribution in [0.3, 0.4) is 0 Å². The van der Waals surface area contributed by atoms with E-state index in [0.29, 0.717) is 36.8 Å². The first-order chi connectivity index (χ1) is 14.1. The van der Waals surface area contributed by atoms with Crippen LogP contribution >= 0.6 is 11.3 Å². The minimum Gasteiger partial charge on any atom is -0.338 e. The number of hydrogen-bond donors (Lipinski definition) is 0. The van der Waals surface area contributed by atoms with Gasteiger partial charge >= 0.3 is 0 Å². The smallest absolute Gasteiger partial charge is 0.270 e. The number of nitrogens with zero attached hydrogens (tertiary/aromatic N) is 7. The maximum absolute atomic E-state index is 13.6.